The Morgan fingerprint density at radius 3 is 2.35 bits per heavy atom. The molecule has 0 saturated carbocycles. The van der Waals surface area contributed by atoms with Crippen LogP contribution in [-0.2, 0) is 0 Å². The fourth-order valence-corrected chi connectivity index (χ4v) is 4.75. The van der Waals surface area contributed by atoms with Gasteiger partial charge in [-0.3, -0.25) is 0 Å². The molecule has 112 valence electrons. The van der Waals surface area contributed by atoms with Crippen LogP contribution in [0.1, 0.15) is 0 Å². The number of hydrogen-bond donors (Lipinski definition) is 0. The van der Waals surface area contributed by atoms with Gasteiger partial charge in [-0.2, -0.15) is 0 Å². The molecule has 0 aliphatic heterocycles. The summed E-state index contributed by atoms with van der Waals surface area (Å²) in [6.07, 6.45) is 2.09. The van der Waals surface area contributed by atoms with E-state index in [1.54, 1.807) is 0 Å². The van der Waals surface area contributed by atoms with E-state index in [1.165, 1.54) is 9.05 Å². The van der Waals surface area contributed by atoms with Gasteiger partial charge < -0.3 is 0 Å². The van der Waals surface area contributed by atoms with Crippen molar-refractivity contribution in [3.63, 3.8) is 0 Å². The van der Waals surface area contributed by atoms with Gasteiger partial charge in [0, 0.05) is 0 Å². The van der Waals surface area contributed by atoms with E-state index < -0.39 is 0 Å². The Labute approximate surface area is 145 Å². The molecule has 0 saturated heterocycles. The second-order valence-electron chi connectivity index (χ2n) is 5.12. The SMILES string of the molecule is Clc1ccc(-c2nc3ccccn3c2[Se]c2ccccc2)cc1. The molecular weight excluding hydrogens is 371 g/mol. The summed E-state index contributed by atoms with van der Waals surface area (Å²) in [6, 6.07) is 24.6. The summed E-state index contributed by atoms with van der Waals surface area (Å²) in [5, 5.41) is 0.743. The standard InChI is InChI=1S/C19H13ClN2Se/c20-15-11-9-14(10-12-15)18-19(23-16-6-2-1-3-7-16)22-13-5-4-8-17(22)21-18/h1-13H. The van der Waals surface area contributed by atoms with E-state index in [0.29, 0.717) is 0 Å². The van der Waals surface area contributed by atoms with E-state index in [2.05, 4.69) is 34.9 Å². The first-order valence-corrected chi connectivity index (χ1v) is 9.36. The molecule has 2 aromatic carbocycles. The van der Waals surface area contributed by atoms with E-state index in [4.69, 9.17) is 16.6 Å². The molecule has 0 aliphatic rings. The van der Waals surface area contributed by atoms with Crippen LogP contribution in [0.3, 0.4) is 0 Å². The van der Waals surface area contributed by atoms with Crippen LogP contribution in [0.2, 0.25) is 5.02 Å². The molecule has 23 heavy (non-hydrogen) atoms. The maximum absolute atomic E-state index is 6.03. The molecule has 4 heteroatoms. The molecule has 0 fully saturated rings. The number of rotatable bonds is 3. The summed E-state index contributed by atoms with van der Waals surface area (Å²) in [7, 11) is 0. The first kappa shape index (κ1) is 14.5. The Balaban J connectivity index is 1.89. The molecule has 2 heterocycles. The van der Waals surface area contributed by atoms with E-state index in [1.807, 2.05) is 48.5 Å². The Hall–Kier alpha value is -2.06. The summed E-state index contributed by atoms with van der Waals surface area (Å²) in [5.74, 6) is 0. The number of benzene rings is 2. The number of halogens is 1. The van der Waals surface area contributed by atoms with Crippen LogP contribution in [0.15, 0.2) is 79.0 Å². The van der Waals surface area contributed by atoms with Crippen molar-refractivity contribution in [3.8, 4) is 11.3 Å². The van der Waals surface area contributed by atoms with E-state index >= 15 is 0 Å². The maximum atomic E-state index is 6.03. The van der Waals surface area contributed by atoms with Crippen LogP contribution in [-0.4, -0.2) is 24.3 Å². The van der Waals surface area contributed by atoms with Crippen LogP contribution in [0, 0.1) is 0 Å². The zero-order valence-corrected chi connectivity index (χ0v) is 14.7. The Morgan fingerprint density at radius 1 is 0.826 bits per heavy atom. The topological polar surface area (TPSA) is 17.3 Å². The first-order chi connectivity index (χ1) is 11.3. The van der Waals surface area contributed by atoms with Crippen LogP contribution in [0.4, 0.5) is 0 Å². The van der Waals surface area contributed by atoms with E-state index in [0.717, 1.165) is 21.9 Å². The van der Waals surface area contributed by atoms with Crippen molar-refractivity contribution in [2.45, 2.75) is 0 Å². The predicted octanol–water partition coefficient (Wildman–Crippen LogP) is 3.31. The Morgan fingerprint density at radius 2 is 1.57 bits per heavy atom. The molecule has 4 rings (SSSR count). The molecule has 0 bridgehead atoms. The quantitative estimate of drug-likeness (QED) is 0.496. The number of aromatic nitrogens is 2. The van der Waals surface area contributed by atoms with Crippen molar-refractivity contribution >= 4 is 41.3 Å². The summed E-state index contributed by atoms with van der Waals surface area (Å²) in [6.45, 7) is 0. The summed E-state index contributed by atoms with van der Waals surface area (Å²) in [5.41, 5.74) is 3.12. The van der Waals surface area contributed by atoms with E-state index in [9.17, 15) is 0 Å². The third kappa shape index (κ3) is 2.91. The molecule has 2 aromatic heterocycles. The van der Waals surface area contributed by atoms with Gasteiger partial charge in [-0.1, -0.05) is 0 Å². The fraction of sp³-hybridized carbons (Fsp3) is 0. The Kier molecular flexibility index (Phi) is 3.92. The van der Waals surface area contributed by atoms with Crippen molar-refractivity contribution in [3.05, 3.63) is 84.0 Å². The van der Waals surface area contributed by atoms with Crippen LogP contribution < -0.4 is 9.05 Å². The molecular formula is C19H13ClN2Se. The molecule has 0 N–H and O–H groups in total. The van der Waals surface area contributed by atoms with Crippen LogP contribution >= 0.6 is 11.6 Å². The van der Waals surface area contributed by atoms with Crippen molar-refractivity contribution in [1.82, 2.24) is 9.38 Å². The minimum atomic E-state index is 0.178. The normalized spacial score (nSPS) is 11.0. The summed E-state index contributed by atoms with van der Waals surface area (Å²) < 4.78 is 4.78. The minimum absolute atomic E-state index is 0.178. The van der Waals surface area contributed by atoms with Crippen molar-refractivity contribution < 1.29 is 0 Å². The van der Waals surface area contributed by atoms with Gasteiger partial charge >= 0.3 is 146 Å². The van der Waals surface area contributed by atoms with Gasteiger partial charge in [-0.05, 0) is 0 Å². The molecule has 0 spiro atoms. The summed E-state index contributed by atoms with van der Waals surface area (Å²) >= 11 is 6.20. The molecule has 0 atom stereocenters. The van der Waals surface area contributed by atoms with Crippen molar-refractivity contribution in [1.29, 1.82) is 0 Å². The van der Waals surface area contributed by atoms with Gasteiger partial charge in [0.2, 0.25) is 0 Å². The van der Waals surface area contributed by atoms with Crippen molar-refractivity contribution in [2.24, 2.45) is 0 Å². The van der Waals surface area contributed by atoms with Gasteiger partial charge in [0.05, 0.1) is 0 Å². The zero-order valence-electron chi connectivity index (χ0n) is 12.2. The van der Waals surface area contributed by atoms with Gasteiger partial charge in [0.25, 0.3) is 0 Å². The van der Waals surface area contributed by atoms with E-state index in [-0.39, 0.29) is 15.0 Å². The van der Waals surface area contributed by atoms with Gasteiger partial charge in [0.1, 0.15) is 0 Å². The van der Waals surface area contributed by atoms with Gasteiger partial charge in [0.15, 0.2) is 0 Å². The van der Waals surface area contributed by atoms with Gasteiger partial charge in [-0.25, -0.2) is 0 Å². The molecule has 0 aliphatic carbocycles. The fourth-order valence-electron chi connectivity index (χ4n) is 2.47. The second kappa shape index (κ2) is 6.21. The zero-order chi connectivity index (χ0) is 15.6. The molecule has 4 aromatic rings. The Bertz CT molecular complexity index is 946. The number of hydrogen-bond acceptors (Lipinski definition) is 1. The number of fused-ring (bicyclic) bond motifs is 1. The van der Waals surface area contributed by atoms with Crippen LogP contribution in [0.5, 0.6) is 0 Å². The third-order valence-corrected chi connectivity index (χ3v) is 6.10. The molecule has 0 unspecified atom stereocenters. The monoisotopic (exact) mass is 384 g/mol. The van der Waals surface area contributed by atoms with Crippen molar-refractivity contribution in [2.75, 3.05) is 0 Å². The average Bonchev–Trinajstić information content (AvgIpc) is 2.95. The predicted molar refractivity (Wildman–Crippen MR) is 97.1 cm³/mol. The number of pyridine rings is 1. The molecule has 2 nitrogen and oxygen atoms in total. The molecule has 0 radical (unpaired) electrons. The van der Waals surface area contributed by atoms with Gasteiger partial charge in [-0.15, -0.1) is 0 Å². The second-order valence-corrected chi connectivity index (χ2v) is 7.78. The van der Waals surface area contributed by atoms with Crippen LogP contribution in [0.25, 0.3) is 16.9 Å². The molecule has 0 amide bonds. The first-order valence-electron chi connectivity index (χ1n) is 7.27. The summed E-state index contributed by atoms with van der Waals surface area (Å²) in [4.78, 5) is 4.84. The number of imidazole rings is 1. The third-order valence-electron chi connectivity index (χ3n) is 3.56. The number of nitrogens with zero attached hydrogens (tertiary/aromatic N) is 2. The average molecular weight is 384 g/mol.